The number of hydrogen-bond donors (Lipinski definition) is 1. The van der Waals surface area contributed by atoms with Crippen LogP contribution in [0.5, 0.6) is 0 Å². The molecule has 0 aromatic carbocycles. The average Bonchev–Trinajstić information content (AvgIpc) is 2.53. The summed E-state index contributed by atoms with van der Waals surface area (Å²) in [6, 6.07) is 0. The van der Waals surface area contributed by atoms with Gasteiger partial charge in [-0.3, -0.25) is 0 Å². The van der Waals surface area contributed by atoms with E-state index in [-0.39, 0.29) is 10.8 Å². The molecule has 3 aliphatic rings. The van der Waals surface area contributed by atoms with E-state index in [1.165, 1.54) is 22.5 Å². The van der Waals surface area contributed by atoms with Crippen molar-refractivity contribution in [3.05, 3.63) is 59.0 Å². The summed E-state index contributed by atoms with van der Waals surface area (Å²) < 4.78 is 0. The second-order valence-electron chi connectivity index (χ2n) is 7.54. The Balaban J connectivity index is 1.95. The van der Waals surface area contributed by atoms with Crippen molar-refractivity contribution < 1.29 is 0 Å². The molecule has 1 unspecified atom stereocenters. The number of rotatable bonds is 0. The first-order chi connectivity index (χ1) is 9.28. The third-order valence-corrected chi connectivity index (χ3v) is 5.00. The maximum absolute atomic E-state index is 3.71. The van der Waals surface area contributed by atoms with Gasteiger partial charge in [0, 0.05) is 29.1 Å². The van der Waals surface area contributed by atoms with Crippen LogP contribution in [0.4, 0.5) is 0 Å². The molecule has 1 aliphatic heterocycles. The topological polar surface area (TPSA) is 12.0 Å². The minimum atomic E-state index is 0.139. The van der Waals surface area contributed by atoms with Gasteiger partial charge in [0.15, 0.2) is 0 Å². The van der Waals surface area contributed by atoms with Gasteiger partial charge in [-0.2, -0.15) is 0 Å². The summed E-state index contributed by atoms with van der Waals surface area (Å²) in [6.07, 6.45) is 14.9. The van der Waals surface area contributed by atoms with E-state index >= 15 is 0 Å². The van der Waals surface area contributed by atoms with Gasteiger partial charge in [-0.1, -0.05) is 65.0 Å². The molecule has 2 aliphatic carbocycles. The van der Waals surface area contributed by atoms with Gasteiger partial charge < -0.3 is 5.32 Å². The van der Waals surface area contributed by atoms with E-state index in [2.05, 4.69) is 76.4 Å². The summed E-state index contributed by atoms with van der Waals surface area (Å²) in [5.41, 5.74) is 5.92. The van der Waals surface area contributed by atoms with Crippen LogP contribution >= 0.6 is 0 Å². The summed E-state index contributed by atoms with van der Waals surface area (Å²) >= 11 is 0. The lowest BCUT2D eigenvalue weighted by molar-refractivity contribution is 0.331. The third kappa shape index (κ3) is 2.19. The van der Waals surface area contributed by atoms with E-state index in [0.29, 0.717) is 5.92 Å². The molecular weight excluding hydrogens is 242 g/mol. The van der Waals surface area contributed by atoms with Crippen LogP contribution < -0.4 is 5.32 Å². The van der Waals surface area contributed by atoms with Crippen LogP contribution in [0, 0.1) is 16.7 Å². The van der Waals surface area contributed by atoms with Crippen molar-refractivity contribution in [3.8, 4) is 0 Å². The lowest BCUT2D eigenvalue weighted by Crippen LogP contribution is -2.33. The van der Waals surface area contributed by atoms with Crippen molar-refractivity contribution in [1.82, 2.24) is 5.32 Å². The van der Waals surface area contributed by atoms with Crippen LogP contribution in [0.1, 0.15) is 41.0 Å². The maximum atomic E-state index is 3.71. The van der Waals surface area contributed by atoms with Gasteiger partial charge >= 0.3 is 0 Å². The minimum Gasteiger partial charge on any atom is -0.358 e. The zero-order valence-electron chi connectivity index (χ0n) is 13.2. The van der Waals surface area contributed by atoms with Crippen LogP contribution in [0.25, 0.3) is 0 Å². The molecule has 1 atom stereocenters. The van der Waals surface area contributed by atoms with Gasteiger partial charge in [-0.15, -0.1) is 0 Å². The van der Waals surface area contributed by atoms with Crippen molar-refractivity contribution >= 4 is 0 Å². The van der Waals surface area contributed by atoms with Gasteiger partial charge in [0.25, 0.3) is 0 Å². The standard InChI is InChI=1S/C19H25N/c1-13-17-15(7-11-19(13,4)5)12-14-6-9-18(2,3)10-8-16(14)20-17/h6-11,13,20H,12H2,1-5H3. The summed E-state index contributed by atoms with van der Waals surface area (Å²) in [5.74, 6) is 0.533. The summed E-state index contributed by atoms with van der Waals surface area (Å²) in [4.78, 5) is 0. The average molecular weight is 267 g/mol. The quantitative estimate of drug-likeness (QED) is 0.660. The predicted molar refractivity (Wildman–Crippen MR) is 86.0 cm³/mol. The van der Waals surface area contributed by atoms with Gasteiger partial charge in [0.05, 0.1) is 0 Å². The first-order valence-electron chi connectivity index (χ1n) is 7.59. The Morgan fingerprint density at radius 2 is 1.60 bits per heavy atom. The molecule has 3 rings (SSSR count). The molecule has 0 saturated heterocycles. The van der Waals surface area contributed by atoms with Crippen LogP contribution in [-0.2, 0) is 0 Å². The molecule has 0 saturated carbocycles. The van der Waals surface area contributed by atoms with Crippen molar-refractivity contribution in [2.45, 2.75) is 41.0 Å². The highest BCUT2D eigenvalue weighted by molar-refractivity contribution is 5.50. The largest absolute Gasteiger partial charge is 0.358 e. The second-order valence-corrected chi connectivity index (χ2v) is 7.54. The number of nitrogens with one attached hydrogen (secondary N) is 1. The SMILES string of the molecule is CC1C2=C(C=CC1(C)C)CC1=C(C=CC(C)(C)C=C1)N2. The fraction of sp³-hybridized carbons (Fsp3) is 0.474. The molecule has 0 radical (unpaired) electrons. The summed E-state index contributed by atoms with van der Waals surface area (Å²) in [6.45, 7) is 11.5. The van der Waals surface area contributed by atoms with E-state index in [0.717, 1.165) is 6.42 Å². The molecule has 1 nitrogen and oxygen atoms in total. The fourth-order valence-electron chi connectivity index (χ4n) is 3.03. The number of dihydropyridines is 1. The second kappa shape index (κ2) is 4.25. The first-order valence-corrected chi connectivity index (χ1v) is 7.59. The molecule has 0 aromatic heterocycles. The van der Waals surface area contributed by atoms with Crippen molar-refractivity contribution in [2.24, 2.45) is 16.7 Å². The Morgan fingerprint density at radius 3 is 2.35 bits per heavy atom. The normalized spacial score (nSPS) is 29.8. The molecule has 1 N–H and O–H groups in total. The minimum absolute atomic E-state index is 0.139. The first kappa shape index (κ1) is 13.5. The highest BCUT2D eigenvalue weighted by Gasteiger charge is 2.33. The monoisotopic (exact) mass is 267 g/mol. The zero-order chi connectivity index (χ0) is 14.5. The van der Waals surface area contributed by atoms with E-state index in [4.69, 9.17) is 0 Å². The molecular formula is C19H25N. The molecule has 1 heterocycles. The van der Waals surface area contributed by atoms with Crippen LogP contribution in [0.15, 0.2) is 59.0 Å². The van der Waals surface area contributed by atoms with Gasteiger partial charge in [0.1, 0.15) is 0 Å². The van der Waals surface area contributed by atoms with Crippen molar-refractivity contribution in [2.75, 3.05) is 0 Å². The lowest BCUT2D eigenvalue weighted by atomic mass is 9.72. The van der Waals surface area contributed by atoms with Crippen LogP contribution in [0.2, 0.25) is 0 Å². The Morgan fingerprint density at radius 1 is 0.950 bits per heavy atom. The van der Waals surface area contributed by atoms with Crippen LogP contribution in [-0.4, -0.2) is 0 Å². The Labute approximate surface area is 122 Å². The highest BCUT2D eigenvalue weighted by Crippen LogP contribution is 2.42. The highest BCUT2D eigenvalue weighted by atomic mass is 14.9. The zero-order valence-corrected chi connectivity index (χ0v) is 13.2. The maximum Gasteiger partial charge on any atom is 0.0414 e. The van der Waals surface area contributed by atoms with Crippen LogP contribution in [0.3, 0.4) is 0 Å². The van der Waals surface area contributed by atoms with E-state index in [1.807, 2.05) is 0 Å². The predicted octanol–water partition coefficient (Wildman–Crippen LogP) is 4.87. The van der Waals surface area contributed by atoms with Crippen molar-refractivity contribution in [3.63, 3.8) is 0 Å². The Bertz CT molecular complexity index is 591. The van der Waals surface area contributed by atoms with E-state index in [1.54, 1.807) is 0 Å². The smallest absolute Gasteiger partial charge is 0.0414 e. The summed E-state index contributed by atoms with van der Waals surface area (Å²) in [5, 5.41) is 3.71. The fourth-order valence-corrected chi connectivity index (χ4v) is 3.03. The van der Waals surface area contributed by atoms with Gasteiger partial charge in [0.2, 0.25) is 0 Å². The molecule has 0 aromatic rings. The number of allylic oxidation sites excluding steroid dienone is 9. The van der Waals surface area contributed by atoms with Gasteiger partial charge in [-0.05, 0) is 22.6 Å². The molecule has 0 amide bonds. The van der Waals surface area contributed by atoms with E-state index < -0.39 is 0 Å². The third-order valence-electron chi connectivity index (χ3n) is 5.00. The molecule has 0 spiro atoms. The molecule has 106 valence electrons. The molecule has 20 heavy (non-hydrogen) atoms. The van der Waals surface area contributed by atoms with Crippen molar-refractivity contribution in [1.29, 1.82) is 0 Å². The number of hydrogen-bond acceptors (Lipinski definition) is 1. The van der Waals surface area contributed by atoms with E-state index in [9.17, 15) is 0 Å². The van der Waals surface area contributed by atoms with Gasteiger partial charge in [-0.25, -0.2) is 0 Å². The summed E-state index contributed by atoms with van der Waals surface area (Å²) in [7, 11) is 0. The Hall–Kier alpha value is -1.50. The molecule has 0 fully saturated rings. The molecule has 0 bridgehead atoms. The molecule has 1 heteroatoms. The Kier molecular flexibility index (Phi) is 2.86. The lowest BCUT2D eigenvalue weighted by Gasteiger charge is -2.38.